The van der Waals surface area contributed by atoms with Crippen molar-refractivity contribution in [2.75, 3.05) is 6.54 Å². The molecule has 1 saturated carbocycles. The molecule has 20 heavy (non-hydrogen) atoms. The average molecular weight is 303 g/mol. The molecule has 1 saturated heterocycles. The largest absolute Gasteiger partial charge is 0.393 e. The second-order valence-electron chi connectivity index (χ2n) is 7.31. The third-order valence-electron chi connectivity index (χ3n) is 4.86. The molecule has 0 bridgehead atoms. The van der Waals surface area contributed by atoms with Gasteiger partial charge >= 0.3 is 0 Å². The summed E-state index contributed by atoms with van der Waals surface area (Å²) in [6.45, 7) is 5.93. The normalized spacial score (nSPS) is 34.1. The Morgan fingerprint density at radius 1 is 1.00 bits per heavy atom. The van der Waals surface area contributed by atoms with E-state index in [0.717, 1.165) is 44.9 Å². The molecule has 0 amide bonds. The minimum Gasteiger partial charge on any atom is -0.393 e. The SMILES string of the molecule is CC(C)(C)S(=O)(=O)N1CCCCC1C1CCCCC1O. The highest BCUT2D eigenvalue weighted by Gasteiger charge is 2.44. The zero-order chi connectivity index (χ0) is 15.0. The predicted octanol–water partition coefficient (Wildman–Crippen LogP) is 2.52. The first kappa shape index (κ1) is 16.2. The number of aliphatic hydroxyl groups excluding tert-OH is 1. The molecular weight excluding hydrogens is 274 g/mol. The van der Waals surface area contributed by atoms with Crippen molar-refractivity contribution < 1.29 is 13.5 Å². The number of nitrogens with zero attached hydrogens (tertiary/aromatic N) is 1. The Kier molecular flexibility index (Phi) is 4.82. The minimum absolute atomic E-state index is 0.00303. The van der Waals surface area contributed by atoms with Gasteiger partial charge in [0.1, 0.15) is 0 Å². The smallest absolute Gasteiger partial charge is 0.219 e. The Balaban J connectivity index is 2.25. The molecular formula is C15H29NO3S. The first-order valence-electron chi connectivity index (χ1n) is 7.94. The molecule has 3 unspecified atom stereocenters. The van der Waals surface area contributed by atoms with E-state index in [1.807, 2.05) is 0 Å². The first-order chi connectivity index (χ1) is 9.25. The van der Waals surface area contributed by atoms with E-state index in [1.54, 1.807) is 25.1 Å². The predicted molar refractivity (Wildman–Crippen MR) is 81.0 cm³/mol. The summed E-state index contributed by atoms with van der Waals surface area (Å²) >= 11 is 0. The molecule has 118 valence electrons. The van der Waals surface area contributed by atoms with Crippen molar-refractivity contribution in [3.8, 4) is 0 Å². The van der Waals surface area contributed by atoms with Crippen molar-refractivity contribution in [1.82, 2.24) is 4.31 Å². The molecule has 2 fully saturated rings. The zero-order valence-electron chi connectivity index (χ0n) is 13.0. The topological polar surface area (TPSA) is 57.6 Å². The van der Waals surface area contributed by atoms with Gasteiger partial charge in [0.25, 0.3) is 0 Å². The van der Waals surface area contributed by atoms with Crippen molar-refractivity contribution in [1.29, 1.82) is 0 Å². The minimum atomic E-state index is -3.30. The molecule has 0 aromatic heterocycles. The molecule has 1 aliphatic heterocycles. The first-order valence-corrected chi connectivity index (χ1v) is 9.38. The summed E-state index contributed by atoms with van der Waals surface area (Å²) in [5, 5.41) is 10.3. The lowest BCUT2D eigenvalue weighted by atomic mass is 9.79. The number of hydrogen-bond donors (Lipinski definition) is 1. The summed E-state index contributed by atoms with van der Waals surface area (Å²) in [6.07, 6.45) is 6.55. The second kappa shape index (κ2) is 5.93. The van der Waals surface area contributed by atoms with E-state index in [1.165, 1.54) is 0 Å². The van der Waals surface area contributed by atoms with Gasteiger partial charge in [0.05, 0.1) is 10.9 Å². The molecule has 2 aliphatic rings. The number of piperidine rings is 1. The van der Waals surface area contributed by atoms with Crippen molar-refractivity contribution in [3.05, 3.63) is 0 Å². The highest BCUT2D eigenvalue weighted by atomic mass is 32.2. The van der Waals surface area contributed by atoms with Gasteiger partial charge in [-0.25, -0.2) is 8.42 Å². The summed E-state index contributed by atoms with van der Waals surface area (Å²) in [4.78, 5) is 0. The van der Waals surface area contributed by atoms with Gasteiger partial charge in [-0.15, -0.1) is 0 Å². The van der Waals surface area contributed by atoms with Crippen molar-refractivity contribution in [3.63, 3.8) is 0 Å². The zero-order valence-corrected chi connectivity index (χ0v) is 13.8. The fourth-order valence-corrected chi connectivity index (χ4v) is 5.29. The maximum absolute atomic E-state index is 12.8. The molecule has 1 heterocycles. The molecule has 0 aromatic carbocycles. The lowest BCUT2D eigenvalue weighted by molar-refractivity contribution is 0.0198. The van der Waals surface area contributed by atoms with Crippen LogP contribution in [0.2, 0.25) is 0 Å². The van der Waals surface area contributed by atoms with Crippen molar-refractivity contribution >= 4 is 10.0 Å². The summed E-state index contributed by atoms with van der Waals surface area (Å²) in [6, 6.07) is 0.00303. The quantitative estimate of drug-likeness (QED) is 0.853. The van der Waals surface area contributed by atoms with E-state index in [2.05, 4.69) is 0 Å². The Bertz CT molecular complexity index is 427. The van der Waals surface area contributed by atoms with Crippen LogP contribution in [0.15, 0.2) is 0 Å². The van der Waals surface area contributed by atoms with Crippen LogP contribution in [0.4, 0.5) is 0 Å². The average Bonchev–Trinajstić information content (AvgIpc) is 2.38. The van der Waals surface area contributed by atoms with E-state index in [9.17, 15) is 13.5 Å². The van der Waals surface area contributed by atoms with Crippen LogP contribution in [0.1, 0.15) is 65.7 Å². The summed E-state index contributed by atoms with van der Waals surface area (Å²) in [5.74, 6) is 0.126. The molecule has 4 nitrogen and oxygen atoms in total. The Hall–Kier alpha value is -0.130. The third-order valence-corrected chi connectivity index (χ3v) is 7.48. The van der Waals surface area contributed by atoms with Gasteiger partial charge in [0.15, 0.2) is 0 Å². The molecule has 5 heteroatoms. The Labute approximate surface area is 123 Å². The monoisotopic (exact) mass is 303 g/mol. The van der Waals surface area contributed by atoms with Crippen LogP contribution in [-0.4, -0.2) is 41.3 Å². The lowest BCUT2D eigenvalue weighted by Gasteiger charge is -2.44. The third kappa shape index (κ3) is 3.04. The van der Waals surface area contributed by atoms with Crippen molar-refractivity contribution in [2.24, 2.45) is 5.92 Å². The summed E-state index contributed by atoms with van der Waals surface area (Å²) in [7, 11) is -3.30. The van der Waals surface area contributed by atoms with Crippen LogP contribution in [0, 0.1) is 5.92 Å². The molecule has 0 spiro atoms. The summed E-state index contributed by atoms with van der Waals surface area (Å²) < 4.78 is 26.6. The molecule has 1 aliphatic carbocycles. The number of aliphatic hydroxyl groups is 1. The van der Waals surface area contributed by atoms with Gasteiger partial charge in [-0.3, -0.25) is 0 Å². The van der Waals surface area contributed by atoms with Crippen LogP contribution >= 0.6 is 0 Å². The Morgan fingerprint density at radius 3 is 2.20 bits per heavy atom. The standard InChI is InChI=1S/C15H29NO3S/c1-15(2,3)20(18,19)16-11-7-6-9-13(16)12-8-4-5-10-14(12)17/h12-14,17H,4-11H2,1-3H3. The molecule has 0 radical (unpaired) electrons. The van der Waals surface area contributed by atoms with Gasteiger partial charge in [0.2, 0.25) is 10.0 Å². The molecule has 2 rings (SSSR count). The van der Waals surface area contributed by atoms with E-state index in [-0.39, 0.29) is 18.1 Å². The van der Waals surface area contributed by atoms with Crippen LogP contribution in [0.5, 0.6) is 0 Å². The highest BCUT2D eigenvalue weighted by Crippen LogP contribution is 2.37. The number of rotatable bonds is 2. The van der Waals surface area contributed by atoms with Gasteiger partial charge < -0.3 is 5.11 Å². The number of hydrogen-bond acceptors (Lipinski definition) is 3. The van der Waals surface area contributed by atoms with Crippen LogP contribution in [0.25, 0.3) is 0 Å². The van der Waals surface area contributed by atoms with Gasteiger partial charge in [-0.1, -0.05) is 19.3 Å². The fraction of sp³-hybridized carbons (Fsp3) is 1.00. The van der Waals surface area contributed by atoms with Gasteiger partial charge in [-0.05, 0) is 46.5 Å². The van der Waals surface area contributed by atoms with Crippen LogP contribution in [-0.2, 0) is 10.0 Å². The van der Waals surface area contributed by atoms with Gasteiger partial charge in [-0.2, -0.15) is 4.31 Å². The maximum Gasteiger partial charge on any atom is 0.219 e. The maximum atomic E-state index is 12.8. The number of sulfonamides is 1. The van der Waals surface area contributed by atoms with E-state index in [4.69, 9.17) is 0 Å². The molecule has 1 N–H and O–H groups in total. The highest BCUT2D eigenvalue weighted by molar-refractivity contribution is 7.90. The van der Waals surface area contributed by atoms with E-state index < -0.39 is 14.8 Å². The lowest BCUT2D eigenvalue weighted by Crippen LogP contribution is -2.55. The van der Waals surface area contributed by atoms with Crippen molar-refractivity contribution in [2.45, 2.75) is 82.6 Å². The van der Waals surface area contributed by atoms with E-state index >= 15 is 0 Å². The molecule has 0 aromatic rings. The Morgan fingerprint density at radius 2 is 1.60 bits per heavy atom. The fourth-order valence-electron chi connectivity index (χ4n) is 3.60. The van der Waals surface area contributed by atoms with Crippen LogP contribution < -0.4 is 0 Å². The summed E-state index contributed by atoms with van der Waals surface area (Å²) in [5.41, 5.74) is 0. The molecule has 3 atom stereocenters. The van der Waals surface area contributed by atoms with E-state index in [0.29, 0.717) is 6.54 Å². The van der Waals surface area contributed by atoms with Gasteiger partial charge in [0, 0.05) is 18.5 Å². The second-order valence-corrected chi connectivity index (χ2v) is 9.95. The van der Waals surface area contributed by atoms with Crippen LogP contribution in [0.3, 0.4) is 0 Å².